The molecule has 1 unspecified atom stereocenters. The van der Waals surface area contributed by atoms with E-state index in [1.165, 1.54) is 30.8 Å². The quantitative estimate of drug-likeness (QED) is 0.900. The van der Waals surface area contributed by atoms with E-state index in [4.69, 9.17) is 4.74 Å². The number of hydrogen-bond donors (Lipinski definition) is 1. The topological polar surface area (TPSA) is 47.0 Å². The van der Waals surface area contributed by atoms with Gasteiger partial charge in [-0.25, -0.2) is 0 Å². The summed E-state index contributed by atoms with van der Waals surface area (Å²) in [5.74, 6) is 0.870. The Hall–Kier alpha value is -0.680. The van der Waals surface area contributed by atoms with Crippen LogP contribution < -0.4 is 10.1 Å². The molecule has 0 aliphatic carbocycles. The summed E-state index contributed by atoms with van der Waals surface area (Å²) in [5, 5.41) is 4.15. The molecule has 1 aromatic rings. The van der Waals surface area contributed by atoms with Gasteiger partial charge < -0.3 is 10.1 Å². The van der Waals surface area contributed by atoms with Crippen molar-refractivity contribution in [2.24, 2.45) is 0 Å². The van der Waals surface area contributed by atoms with Gasteiger partial charge in [0.25, 0.3) is 5.19 Å². The van der Waals surface area contributed by atoms with Crippen molar-refractivity contribution in [3.8, 4) is 5.19 Å². The molecule has 1 atom stereocenters. The highest BCUT2D eigenvalue weighted by Crippen LogP contribution is 2.24. The third kappa shape index (κ3) is 3.64. The van der Waals surface area contributed by atoms with E-state index in [-0.39, 0.29) is 5.41 Å². The van der Waals surface area contributed by atoms with Gasteiger partial charge in [-0.3, -0.25) is 0 Å². The number of aromatic nitrogens is 2. The molecular weight excluding hydrogens is 234 g/mol. The fraction of sp³-hybridized carbons (Fsp3) is 0.833. The van der Waals surface area contributed by atoms with Crippen LogP contribution in [0, 0.1) is 0 Å². The minimum absolute atomic E-state index is 0.00119. The monoisotopic (exact) mass is 255 g/mol. The lowest BCUT2D eigenvalue weighted by Crippen LogP contribution is -2.38. The van der Waals surface area contributed by atoms with Gasteiger partial charge >= 0.3 is 0 Å². The molecule has 1 aromatic heterocycles. The van der Waals surface area contributed by atoms with Crippen LogP contribution in [0.3, 0.4) is 0 Å². The maximum absolute atomic E-state index is 5.70. The van der Waals surface area contributed by atoms with E-state index >= 15 is 0 Å². The SMILES string of the molecule is CC(C)(C)c1nsc(OCC2CCCCN2)n1. The molecule has 1 N–H and O–H groups in total. The molecule has 0 bridgehead atoms. The van der Waals surface area contributed by atoms with Crippen LogP contribution in [0.25, 0.3) is 0 Å². The standard InChI is InChI=1S/C12H21N3OS/c1-12(2,3)10-14-11(17-15-10)16-8-9-6-4-5-7-13-9/h9,13H,4-8H2,1-3H3. The summed E-state index contributed by atoms with van der Waals surface area (Å²) >= 11 is 1.35. The second-order valence-electron chi connectivity index (χ2n) is 5.59. The Kier molecular flexibility index (Phi) is 3.99. The highest BCUT2D eigenvalue weighted by Gasteiger charge is 2.20. The number of nitrogens with zero attached hydrogens (tertiary/aromatic N) is 2. The number of nitrogens with one attached hydrogen (secondary N) is 1. The molecule has 0 saturated carbocycles. The zero-order valence-corrected chi connectivity index (χ0v) is 11.6. The summed E-state index contributed by atoms with van der Waals surface area (Å²) < 4.78 is 10.0. The summed E-state index contributed by atoms with van der Waals surface area (Å²) in [6.07, 6.45) is 3.78. The van der Waals surface area contributed by atoms with E-state index < -0.39 is 0 Å². The van der Waals surface area contributed by atoms with Gasteiger partial charge in [-0.15, -0.1) is 0 Å². The van der Waals surface area contributed by atoms with Gasteiger partial charge in [-0.2, -0.15) is 9.36 Å². The maximum atomic E-state index is 5.70. The van der Waals surface area contributed by atoms with Crippen LogP contribution in [0.5, 0.6) is 5.19 Å². The summed E-state index contributed by atoms with van der Waals surface area (Å²) in [6, 6.07) is 0.478. The number of hydrogen-bond acceptors (Lipinski definition) is 5. The van der Waals surface area contributed by atoms with Crippen molar-refractivity contribution in [1.29, 1.82) is 0 Å². The van der Waals surface area contributed by atoms with Crippen molar-refractivity contribution >= 4 is 11.5 Å². The highest BCUT2D eigenvalue weighted by molar-refractivity contribution is 7.07. The first-order valence-electron chi connectivity index (χ1n) is 6.26. The van der Waals surface area contributed by atoms with Gasteiger partial charge in [0.15, 0.2) is 5.82 Å². The summed E-state index contributed by atoms with van der Waals surface area (Å²) in [7, 11) is 0. The first-order chi connectivity index (χ1) is 8.05. The second-order valence-corrected chi connectivity index (χ2v) is 6.31. The third-order valence-corrected chi connectivity index (χ3v) is 3.53. The number of rotatable bonds is 3. The van der Waals surface area contributed by atoms with Crippen LogP contribution in [-0.4, -0.2) is 28.6 Å². The molecule has 17 heavy (non-hydrogen) atoms. The average molecular weight is 255 g/mol. The molecule has 0 aromatic carbocycles. The lowest BCUT2D eigenvalue weighted by molar-refractivity contribution is 0.237. The molecule has 0 spiro atoms. The van der Waals surface area contributed by atoms with E-state index in [1.54, 1.807) is 0 Å². The smallest absolute Gasteiger partial charge is 0.293 e. The Bertz CT molecular complexity index is 353. The Morgan fingerprint density at radius 2 is 2.24 bits per heavy atom. The van der Waals surface area contributed by atoms with E-state index in [0.717, 1.165) is 12.4 Å². The van der Waals surface area contributed by atoms with E-state index in [9.17, 15) is 0 Å². The maximum Gasteiger partial charge on any atom is 0.293 e. The Balaban J connectivity index is 1.84. The predicted octanol–water partition coefficient (Wildman–Crippen LogP) is 2.36. The molecule has 1 aliphatic rings. The number of ether oxygens (including phenoxy) is 1. The average Bonchev–Trinajstić information content (AvgIpc) is 2.76. The molecule has 4 nitrogen and oxygen atoms in total. The van der Waals surface area contributed by atoms with Gasteiger partial charge in [0.1, 0.15) is 6.61 Å². The molecule has 2 rings (SSSR count). The summed E-state index contributed by atoms with van der Waals surface area (Å²) in [6.45, 7) is 8.15. The molecule has 96 valence electrons. The molecule has 1 saturated heterocycles. The first kappa shape index (κ1) is 12.8. The van der Waals surface area contributed by atoms with Crippen molar-refractivity contribution < 1.29 is 4.74 Å². The van der Waals surface area contributed by atoms with Crippen LogP contribution in [0.4, 0.5) is 0 Å². The third-order valence-electron chi connectivity index (χ3n) is 2.90. The zero-order valence-electron chi connectivity index (χ0n) is 10.8. The largest absolute Gasteiger partial charge is 0.467 e. The number of piperidine rings is 1. The molecular formula is C12H21N3OS. The van der Waals surface area contributed by atoms with Crippen LogP contribution in [0.2, 0.25) is 0 Å². The van der Waals surface area contributed by atoms with Gasteiger partial charge in [-0.1, -0.05) is 27.2 Å². The second kappa shape index (κ2) is 5.31. The van der Waals surface area contributed by atoms with Gasteiger partial charge in [-0.05, 0) is 19.4 Å². The Labute approximate surface area is 107 Å². The molecule has 5 heteroatoms. The van der Waals surface area contributed by atoms with Crippen molar-refractivity contribution in [2.45, 2.75) is 51.5 Å². The molecule has 0 amide bonds. The zero-order chi connectivity index (χ0) is 12.3. The van der Waals surface area contributed by atoms with Gasteiger partial charge in [0, 0.05) is 23.0 Å². The Morgan fingerprint density at radius 3 is 2.82 bits per heavy atom. The molecule has 2 heterocycles. The Morgan fingerprint density at radius 1 is 1.41 bits per heavy atom. The van der Waals surface area contributed by atoms with Crippen LogP contribution in [0.1, 0.15) is 45.9 Å². The molecule has 0 radical (unpaired) electrons. The minimum Gasteiger partial charge on any atom is -0.467 e. The van der Waals surface area contributed by atoms with E-state index in [2.05, 4.69) is 35.4 Å². The summed E-state index contributed by atoms with van der Waals surface area (Å²) in [5.41, 5.74) is 0.00119. The fourth-order valence-electron chi connectivity index (χ4n) is 1.81. The van der Waals surface area contributed by atoms with Crippen molar-refractivity contribution in [1.82, 2.24) is 14.7 Å². The van der Waals surface area contributed by atoms with E-state index in [0.29, 0.717) is 17.8 Å². The first-order valence-corrected chi connectivity index (χ1v) is 7.03. The minimum atomic E-state index is 0.00119. The highest BCUT2D eigenvalue weighted by atomic mass is 32.1. The van der Waals surface area contributed by atoms with Crippen LogP contribution in [-0.2, 0) is 5.41 Å². The lowest BCUT2D eigenvalue weighted by Gasteiger charge is -2.22. The fourth-order valence-corrected chi connectivity index (χ4v) is 2.54. The summed E-state index contributed by atoms with van der Waals surface area (Å²) in [4.78, 5) is 4.42. The van der Waals surface area contributed by atoms with Crippen LogP contribution in [0.15, 0.2) is 0 Å². The molecule has 1 aliphatic heterocycles. The van der Waals surface area contributed by atoms with Crippen molar-refractivity contribution in [2.75, 3.05) is 13.2 Å². The predicted molar refractivity (Wildman–Crippen MR) is 69.7 cm³/mol. The van der Waals surface area contributed by atoms with Gasteiger partial charge in [0.05, 0.1) is 0 Å². The van der Waals surface area contributed by atoms with E-state index in [1.807, 2.05) is 0 Å². The van der Waals surface area contributed by atoms with Crippen molar-refractivity contribution in [3.05, 3.63) is 5.82 Å². The lowest BCUT2D eigenvalue weighted by atomic mass is 9.96. The van der Waals surface area contributed by atoms with Gasteiger partial charge in [0.2, 0.25) is 0 Å². The normalized spacial score (nSPS) is 21.5. The van der Waals surface area contributed by atoms with Crippen LogP contribution >= 0.6 is 11.5 Å². The van der Waals surface area contributed by atoms with Crippen molar-refractivity contribution in [3.63, 3.8) is 0 Å². The molecule has 1 fully saturated rings.